The molecular formula is C23H24ClFN4O. The number of halogens is 2. The molecule has 0 aliphatic carbocycles. The van der Waals surface area contributed by atoms with Gasteiger partial charge in [0.05, 0.1) is 36.9 Å². The van der Waals surface area contributed by atoms with Crippen LogP contribution in [0.3, 0.4) is 0 Å². The number of ether oxygens (including phenoxy) is 1. The summed E-state index contributed by atoms with van der Waals surface area (Å²) in [5, 5.41) is 18.0. The van der Waals surface area contributed by atoms with Gasteiger partial charge in [-0.1, -0.05) is 23.7 Å². The first-order valence-corrected chi connectivity index (χ1v) is 10.4. The molecule has 0 spiro atoms. The van der Waals surface area contributed by atoms with Crippen molar-refractivity contribution in [2.45, 2.75) is 30.8 Å². The Bertz CT molecular complexity index is 1050. The Morgan fingerprint density at radius 1 is 1.30 bits per heavy atom. The minimum Gasteiger partial charge on any atom is -0.371 e. The molecule has 1 unspecified atom stereocenters. The number of aromatic amines is 1. The van der Waals surface area contributed by atoms with Crippen LogP contribution in [-0.2, 0) is 10.2 Å². The van der Waals surface area contributed by atoms with Gasteiger partial charge in [-0.05, 0) is 62.8 Å². The van der Waals surface area contributed by atoms with Gasteiger partial charge in [-0.25, -0.2) is 4.39 Å². The lowest BCUT2D eigenvalue weighted by molar-refractivity contribution is 0.000480. The predicted octanol–water partition coefficient (Wildman–Crippen LogP) is 4.99. The molecule has 156 valence electrons. The molecule has 1 atom stereocenters. The number of nitrogens with one attached hydrogen (secondary N) is 1. The number of rotatable bonds is 6. The molecule has 30 heavy (non-hydrogen) atoms. The standard InChI is InChI=1S/C23H24ClFN4O/c1-29-10-7-23(8-11-29,17-2-4-19(25)5-3-17)15-30-21(6-9-26)20-13-18(24)12-16-14-27-28-22(16)20/h2-5,12-14,21H,6-8,10-11,15H2,1H3,(H,27,28). The molecule has 1 aromatic heterocycles. The monoisotopic (exact) mass is 426 g/mol. The van der Waals surface area contributed by atoms with Gasteiger partial charge in [0.1, 0.15) is 5.82 Å². The van der Waals surface area contributed by atoms with Crippen LogP contribution in [-0.4, -0.2) is 41.8 Å². The topological polar surface area (TPSA) is 64.9 Å². The summed E-state index contributed by atoms with van der Waals surface area (Å²) in [5.41, 5.74) is 2.52. The number of likely N-dealkylation sites (tertiary alicyclic amines) is 1. The molecule has 5 nitrogen and oxygen atoms in total. The second kappa shape index (κ2) is 8.73. The first-order chi connectivity index (χ1) is 14.5. The van der Waals surface area contributed by atoms with Crippen molar-refractivity contribution in [3.8, 4) is 6.07 Å². The summed E-state index contributed by atoms with van der Waals surface area (Å²) in [5.74, 6) is -0.245. The fourth-order valence-electron chi connectivity index (χ4n) is 4.27. The van der Waals surface area contributed by atoms with E-state index in [0.717, 1.165) is 48.0 Å². The molecule has 1 N–H and O–H groups in total. The maximum Gasteiger partial charge on any atom is 0.123 e. The molecule has 1 fully saturated rings. The van der Waals surface area contributed by atoms with Gasteiger partial charge >= 0.3 is 0 Å². The summed E-state index contributed by atoms with van der Waals surface area (Å²) in [6, 6.07) is 12.6. The molecule has 0 saturated carbocycles. The minimum absolute atomic E-state index is 0.202. The molecule has 0 radical (unpaired) electrons. The van der Waals surface area contributed by atoms with E-state index in [-0.39, 0.29) is 17.7 Å². The Morgan fingerprint density at radius 2 is 2.03 bits per heavy atom. The largest absolute Gasteiger partial charge is 0.371 e. The van der Waals surface area contributed by atoms with Crippen molar-refractivity contribution in [3.05, 3.63) is 64.6 Å². The van der Waals surface area contributed by atoms with Gasteiger partial charge in [0.2, 0.25) is 0 Å². The third kappa shape index (κ3) is 4.20. The van der Waals surface area contributed by atoms with Crippen molar-refractivity contribution in [2.75, 3.05) is 26.7 Å². The van der Waals surface area contributed by atoms with E-state index >= 15 is 0 Å². The Labute approximate surface area is 180 Å². The third-order valence-corrected chi connectivity index (χ3v) is 6.35. The number of aromatic nitrogens is 2. The molecule has 1 aliphatic rings. The highest BCUT2D eigenvalue weighted by atomic mass is 35.5. The molecule has 2 aromatic carbocycles. The lowest BCUT2D eigenvalue weighted by Gasteiger charge is -2.41. The summed E-state index contributed by atoms with van der Waals surface area (Å²) in [6.45, 7) is 2.32. The molecule has 0 bridgehead atoms. The van der Waals surface area contributed by atoms with Crippen molar-refractivity contribution in [2.24, 2.45) is 0 Å². The van der Waals surface area contributed by atoms with Gasteiger partial charge < -0.3 is 9.64 Å². The van der Waals surface area contributed by atoms with Crippen molar-refractivity contribution in [3.63, 3.8) is 0 Å². The predicted molar refractivity (Wildman–Crippen MR) is 115 cm³/mol. The summed E-state index contributed by atoms with van der Waals surface area (Å²) in [4.78, 5) is 2.29. The molecule has 1 saturated heterocycles. The van der Waals surface area contributed by atoms with Crippen LogP contribution >= 0.6 is 11.6 Å². The smallest absolute Gasteiger partial charge is 0.123 e. The normalized spacial score (nSPS) is 17.7. The third-order valence-electron chi connectivity index (χ3n) is 6.13. The van der Waals surface area contributed by atoms with Gasteiger partial charge in [-0.2, -0.15) is 10.4 Å². The van der Waals surface area contributed by atoms with Gasteiger partial charge in [0, 0.05) is 21.4 Å². The van der Waals surface area contributed by atoms with Crippen LogP contribution in [0, 0.1) is 17.1 Å². The van der Waals surface area contributed by atoms with Crippen LogP contribution in [0.1, 0.15) is 36.5 Å². The number of H-pyrrole nitrogens is 1. The van der Waals surface area contributed by atoms with Crippen molar-refractivity contribution in [1.82, 2.24) is 15.1 Å². The number of nitriles is 1. The SMILES string of the molecule is CN1CCC(COC(CC#N)c2cc(Cl)cc3cn[nH]c23)(c2ccc(F)cc2)CC1. The van der Waals surface area contributed by atoms with E-state index in [2.05, 4.69) is 28.2 Å². The fourth-order valence-corrected chi connectivity index (χ4v) is 4.50. The number of hydrogen-bond donors (Lipinski definition) is 1. The number of fused-ring (bicyclic) bond motifs is 1. The molecule has 2 heterocycles. The van der Waals surface area contributed by atoms with Gasteiger partial charge in [-0.3, -0.25) is 5.10 Å². The Hall–Kier alpha value is -2.46. The average Bonchev–Trinajstić information content (AvgIpc) is 3.21. The lowest BCUT2D eigenvalue weighted by atomic mass is 9.73. The van der Waals surface area contributed by atoms with E-state index in [9.17, 15) is 9.65 Å². The molecule has 4 rings (SSSR count). The molecule has 7 heteroatoms. The van der Waals surface area contributed by atoms with Crippen LogP contribution in [0.15, 0.2) is 42.6 Å². The second-order valence-electron chi connectivity index (χ2n) is 8.08. The summed E-state index contributed by atoms with van der Waals surface area (Å²) < 4.78 is 20.0. The quantitative estimate of drug-likeness (QED) is 0.603. The Morgan fingerprint density at radius 3 is 2.73 bits per heavy atom. The van der Waals surface area contributed by atoms with Crippen LogP contribution in [0.2, 0.25) is 5.02 Å². The second-order valence-corrected chi connectivity index (χ2v) is 8.52. The fraction of sp³-hybridized carbons (Fsp3) is 0.391. The Balaban J connectivity index is 1.64. The number of benzene rings is 2. The number of hydrogen-bond acceptors (Lipinski definition) is 4. The van der Waals surface area contributed by atoms with E-state index in [1.165, 1.54) is 12.1 Å². The highest BCUT2D eigenvalue weighted by Crippen LogP contribution is 2.38. The van der Waals surface area contributed by atoms with Gasteiger partial charge in [0.25, 0.3) is 0 Å². The summed E-state index contributed by atoms with van der Waals surface area (Å²) in [7, 11) is 2.11. The molecule has 0 amide bonds. The van der Waals surface area contributed by atoms with Gasteiger partial charge in [0.15, 0.2) is 0 Å². The van der Waals surface area contributed by atoms with E-state index in [1.807, 2.05) is 24.3 Å². The maximum atomic E-state index is 13.5. The maximum absolute atomic E-state index is 13.5. The molecular weight excluding hydrogens is 403 g/mol. The van der Waals surface area contributed by atoms with Gasteiger partial charge in [-0.15, -0.1) is 0 Å². The van der Waals surface area contributed by atoms with Crippen LogP contribution in [0.5, 0.6) is 0 Å². The number of nitrogens with zero attached hydrogens (tertiary/aromatic N) is 3. The summed E-state index contributed by atoms with van der Waals surface area (Å²) in [6.07, 6.45) is 3.29. The molecule has 3 aromatic rings. The Kier molecular flexibility index (Phi) is 6.05. The highest BCUT2D eigenvalue weighted by molar-refractivity contribution is 6.31. The first kappa shape index (κ1) is 20.8. The zero-order valence-electron chi connectivity index (χ0n) is 16.9. The molecule has 1 aliphatic heterocycles. The van der Waals surface area contributed by atoms with Crippen molar-refractivity contribution < 1.29 is 9.13 Å². The first-order valence-electron chi connectivity index (χ1n) is 10.1. The van der Waals surface area contributed by atoms with Crippen molar-refractivity contribution >= 4 is 22.5 Å². The zero-order valence-corrected chi connectivity index (χ0v) is 17.6. The minimum atomic E-state index is -0.436. The van der Waals surface area contributed by atoms with E-state index in [0.29, 0.717) is 11.6 Å². The van der Waals surface area contributed by atoms with E-state index in [1.54, 1.807) is 6.20 Å². The van der Waals surface area contributed by atoms with Crippen LogP contribution in [0.25, 0.3) is 10.9 Å². The number of piperidine rings is 1. The average molecular weight is 427 g/mol. The summed E-state index contributed by atoms with van der Waals surface area (Å²) >= 11 is 6.31. The van der Waals surface area contributed by atoms with E-state index in [4.69, 9.17) is 16.3 Å². The van der Waals surface area contributed by atoms with Crippen LogP contribution in [0.4, 0.5) is 4.39 Å². The highest BCUT2D eigenvalue weighted by Gasteiger charge is 2.37. The lowest BCUT2D eigenvalue weighted by Crippen LogP contribution is -2.44. The van der Waals surface area contributed by atoms with Crippen molar-refractivity contribution in [1.29, 1.82) is 5.26 Å². The van der Waals surface area contributed by atoms with Crippen LogP contribution < -0.4 is 0 Å². The zero-order chi connectivity index (χ0) is 21.1. The van der Waals surface area contributed by atoms with E-state index < -0.39 is 6.10 Å².